The highest BCUT2D eigenvalue weighted by Gasteiger charge is 2.16. The lowest BCUT2D eigenvalue weighted by Crippen LogP contribution is -2.44. The van der Waals surface area contributed by atoms with Gasteiger partial charge in [0, 0.05) is 37.6 Å². The van der Waals surface area contributed by atoms with Crippen molar-refractivity contribution in [2.24, 2.45) is 0 Å². The number of nitrogens with zero attached hydrogens (tertiary/aromatic N) is 5. The van der Waals surface area contributed by atoms with Gasteiger partial charge in [0.2, 0.25) is 0 Å². The van der Waals surface area contributed by atoms with E-state index >= 15 is 0 Å². The fourth-order valence-corrected chi connectivity index (χ4v) is 3.29. The van der Waals surface area contributed by atoms with Gasteiger partial charge in [0.05, 0.1) is 11.9 Å². The van der Waals surface area contributed by atoms with E-state index in [2.05, 4.69) is 44.5 Å². The quantitative estimate of drug-likeness (QED) is 0.758. The summed E-state index contributed by atoms with van der Waals surface area (Å²) >= 11 is 0. The van der Waals surface area contributed by atoms with E-state index in [1.54, 1.807) is 0 Å². The molecule has 4 rings (SSSR count). The zero-order chi connectivity index (χ0) is 19.5. The number of aromatic nitrogens is 3. The first kappa shape index (κ1) is 18.2. The molecule has 2 heterocycles. The molecule has 0 atom stereocenters. The van der Waals surface area contributed by atoms with E-state index in [1.807, 2.05) is 43.3 Å². The molecule has 1 N–H and O–H groups in total. The Hall–Kier alpha value is -3.19. The van der Waals surface area contributed by atoms with Crippen LogP contribution < -0.4 is 10.2 Å². The molecule has 1 saturated heterocycles. The van der Waals surface area contributed by atoms with Gasteiger partial charge in [0.15, 0.2) is 5.69 Å². The van der Waals surface area contributed by atoms with Crippen LogP contribution in [0.1, 0.15) is 16.1 Å². The molecule has 0 saturated carbocycles. The molecule has 1 aromatic heterocycles. The summed E-state index contributed by atoms with van der Waals surface area (Å²) in [6, 6.07) is 15.7. The second-order valence-corrected chi connectivity index (χ2v) is 7.10. The van der Waals surface area contributed by atoms with E-state index in [0.29, 0.717) is 0 Å². The van der Waals surface area contributed by atoms with E-state index in [-0.39, 0.29) is 11.6 Å². The highest BCUT2D eigenvalue weighted by Crippen LogP contribution is 2.24. The summed E-state index contributed by atoms with van der Waals surface area (Å²) in [5.74, 6) is -0.266. The molecule has 3 aromatic rings. The standard InChI is InChI=1S/C21H24N6O/c1-16-14-18(26-12-10-25(2)11-13-26)8-9-19(16)23-21(28)20-15-22-27(24-20)17-6-4-3-5-7-17/h3-9,14-15H,10-13H2,1-2H3,(H,23,28). The molecular formula is C21H24N6O. The average Bonchev–Trinajstić information content (AvgIpc) is 3.21. The summed E-state index contributed by atoms with van der Waals surface area (Å²) in [4.78, 5) is 18.8. The molecule has 1 aliphatic heterocycles. The van der Waals surface area contributed by atoms with Crippen LogP contribution in [-0.4, -0.2) is 59.0 Å². The zero-order valence-electron chi connectivity index (χ0n) is 16.2. The molecule has 144 valence electrons. The van der Waals surface area contributed by atoms with Crippen LogP contribution >= 0.6 is 0 Å². The lowest BCUT2D eigenvalue weighted by molar-refractivity contribution is 0.102. The SMILES string of the molecule is Cc1cc(N2CCN(C)CC2)ccc1NC(=O)c1cnn(-c2ccccc2)n1. The number of likely N-dealkylation sites (N-methyl/N-ethyl adjacent to an activating group) is 1. The number of hydrogen-bond donors (Lipinski definition) is 1. The zero-order valence-corrected chi connectivity index (χ0v) is 16.2. The van der Waals surface area contributed by atoms with Crippen LogP contribution in [0.5, 0.6) is 0 Å². The van der Waals surface area contributed by atoms with Crippen LogP contribution in [0.15, 0.2) is 54.7 Å². The number of rotatable bonds is 4. The fourth-order valence-electron chi connectivity index (χ4n) is 3.29. The van der Waals surface area contributed by atoms with Gasteiger partial charge in [-0.25, -0.2) is 0 Å². The van der Waals surface area contributed by atoms with Gasteiger partial charge in [0.25, 0.3) is 5.91 Å². The molecular weight excluding hydrogens is 352 g/mol. The van der Waals surface area contributed by atoms with Gasteiger partial charge < -0.3 is 15.1 Å². The van der Waals surface area contributed by atoms with Crippen LogP contribution in [0.4, 0.5) is 11.4 Å². The first-order valence-electron chi connectivity index (χ1n) is 9.43. The lowest BCUT2D eigenvalue weighted by atomic mass is 10.1. The van der Waals surface area contributed by atoms with E-state index < -0.39 is 0 Å². The maximum atomic E-state index is 12.6. The third kappa shape index (κ3) is 3.89. The van der Waals surface area contributed by atoms with Crippen LogP contribution in [0.2, 0.25) is 0 Å². The number of anilines is 2. The minimum atomic E-state index is -0.266. The van der Waals surface area contributed by atoms with Gasteiger partial charge in [-0.2, -0.15) is 9.90 Å². The van der Waals surface area contributed by atoms with Crippen molar-refractivity contribution in [1.29, 1.82) is 0 Å². The van der Waals surface area contributed by atoms with Gasteiger partial charge in [-0.3, -0.25) is 4.79 Å². The molecule has 7 heteroatoms. The fraction of sp³-hybridized carbons (Fsp3) is 0.286. The Labute approximate surface area is 164 Å². The number of benzene rings is 2. The third-order valence-electron chi connectivity index (χ3n) is 5.04. The first-order valence-corrected chi connectivity index (χ1v) is 9.43. The van der Waals surface area contributed by atoms with Gasteiger partial charge in [-0.05, 0) is 49.9 Å². The summed E-state index contributed by atoms with van der Waals surface area (Å²) in [5.41, 5.74) is 4.11. The molecule has 0 unspecified atom stereocenters. The molecule has 0 radical (unpaired) electrons. The van der Waals surface area contributed by atoms with E-state index in [9.17, 15) is 4.79 Å². The highest BCUT2D eigenvalue weighted by atomic mass is 16.2. The van der Waals surface area contributed by atoms with Crippen LogP contribution in [0.25, 0.3) is 5.69 Å². The predicted molar refractivity (Wildman–Crippen MR) is 110 cm³/mol. The van der Waals surface area contributed by atoms with Gasteiger partial charge in [-0.1, -0.05) is 18.2 Å². The summed E-state index contributed by atoms with van der Waals surface area (Å²) in [6.45, 7) is 6.17. The first-order chi connectivity index (χ1) is 13.6. The van der Waals surface area contributed by atoms with Crippen molar-refractivity contribution in [2.75, 3.05) is 43.4 Å². The van der Waals surface area contributed by atoms with Crippen molar-refractivity contribution >= 4 is 17.3 Å². The Bertz CT molecular complexity index is 960. The Balaban J connectivity index is 1.45. The topological polar surface area (TPSA) is 66.3 Å². The number of nitrogens with one attached hydrogen (secondary N) is 1. The van der Waals surface area contributed by atoms with Crippen LogP contribution in [0.3, 0.4) is 0 Å². The van der Waals surface area contributed by atoms with Crippen LogP contribution in [-0.2, 0) is 0 Å². The number of hydrogen-bond acceptors (Lipinski definition) is 5. The Morgan fingerprint density at radius 1 is 1.00 bits per heavy atom. The number of amides is 1. The van der Waals surface area contributed by atoms with Crippen molar-refractivity contribution in [1.82, 2.24) is 19.9 Å². The minimum Gasteiger partial charge on any atom is -0.369 e. The minimum absolute atomic E-state index is 0.266. The lowest BCUT2D eigenvalue weighted by Gasteiger charge is -2.34. The Morgan fingerprint density at radius 3 is 2.46 bits per heavy atom. The number of carbonyl (C=O) groups excluding carboxylic acids is 1. The van der Waals surface area contributed by atoms with E-state index in [1.165, 1.54) is 16.7 Å². The molecule has 0 spiro atoms. The molecule has 1 amide bonds. The van der Waals surface area contributed by atoms with Crippen molar-refractivity contribution in [2.45, 2.75) is 6.92 Å². The number of piperazine rings is 1. The molecule has 0 aliphatic carbocycles. The second-order valence-electron chi connectivity index (χ2n) is 7.10. The van der Waals surface area contributed by atoms with Gasteiger partial charge >= 0.3 is 0 Å². The van der Waals surface area contributed by atoms with E-state index in [0.717, 1.165) is 43.1 Å². The molecule has 0 bridgehead atoms. The number of para-hydroxylation sites is 1. The largest absolute Gasteiger partial charge is 0.369 e. The number of aryl methyl sites for hydroxylation is 1. The summed E-state index contributed by atoms with van der Waals surface area (Å²) in [6.07, 6.45) is 1.48. The molecule has 2 aromatic carbocycles. The van der Waals surface area contributed by atoms with Crippen molar-refractivity contribution < 1.29 is 4.79 Å². The second kappa shape index (κ2) is 7.82. The predicted octanol–water partition coefficient (Wildman–Crippen LogP) is 2.58. The van der Waals surface area contributed by atoms with Gasteiger partial charge in [-0.15, -0.1) is 5.10 Å². The normalized spacial score (nSPS) is 14.9. The molecule has 28 heavy (non-hydrogen) atoms. The number of carbonyl (C=O) groups is 1. The summed E-state index contributed by atoms with van der Waals surface area (Å²) < 4.78 is 0. The molecule has 1 fully saturated rings. The van der Waals surface area contributed by atoms with Gasteiger partial charge in [0.1, 0.15) is 0 Å². The smallest absolute Gasteiger partial charge is 0.277 e. The van der Waals surface area contributed by atoms with Crippen molar-refractivity contribution in [3.05, 3.63) is 66.0 Å². The monoisotopic (exact) mass is 376 g/mol. The Kier molecular flexibility index (Phi) is 5.08. The Morgan fingerprint density at radius 2 is 1.75 bits per heavy atom. The van der Waals surface area contributed by atoms with E-state index in [4.69, 9.17) is 0 Å². The van der Waals surface area contributed by atoms with Crippen molar-refractivity contribution in [3.8, 4) is 5.69 Å². The molecule has 1 aliphatic rings. The van der Waals surface area contributed by atoms with Crippen LogP contribution in [0, 0.1) is 6.92 Å². The third-order valence-corrected chi connectivity index (χ3v) is 5.04. The molecule has 7 nitrogen and oxygen atoms in total. The van der Waals surface area contributed by atoms with Crippen molar-refractivity contribution in [3.63, 3.8) is 0 Å². The highest BCUT2D eigenvalue weighted by molar-refractivity contribution is 6.03. The summed E-state index contributed by atoms with van der Waals surface area (Å²) in [5, 5.41) is 11.4. The average molecular weight is 376 g/mol. The maximum absolute atomic E-state index is 12.6. The maximum Gasteiger partial charge on any atom is 0.277 e. The summed E-state index contributed by atoms with van der Waals surface area (Å²) in [7, 11) is 2.15.